The number of likely N-dealkylation sites (tertiary alicyclic amines) is 1. The van der Waals surface area contributed by atoms with Crippen molar-refractivity contribution in [1.82, 2.24) is 4.90 Å². The third-order valence-corrected chi connectivity index (χ3v) is 7.17. The van der Waals surface area contributed by atoms with Crippen molar-refractivity contribution in [2.45, 2.75) is 64.6 Å². The summed E-state index contributed by atoms with van der Waals surface area (Å²) < 4.78 is 0. The summed E-state index contributed by atoms with van der Waals surface area (Å²) in [6, 6.07) is 15.0. The maximum atomic E-state index is 14.1. The van der Waals surface area contributed by atoms with Crippen LogP contribution in [0.2, 0.25) is 10.0 Å². The standard InChI is InChI=1S/C27H33Cl2NO2/c1-6-14-27(5)16-23(20-8-7-9-22(29)15-20)25(19-10-12-21(28)13-11-19)30(26(27)32)24(17(2)3)18(4)31/h6-13,15,17-18,23-25,31H,1,14,16H2,2-5H3. The number of nitrogens with zero attached hydrogens (tertiary/aromatic N) is 1. The van der Waals surface area contributed by atoms with Gasteiger partial charge in [0.15, 0.2) is 0 Å². The molecule has 3 nitrogen and oxygen atoms in total. The van der Waals surface area contributed by atoms with E-state index < -0.39 is 11.5 Å². The molecule has 1 amide bonds. The van der Waals surface area contributed by atoms with Crippen molar-refractivity contribution in [3.05, 3.63) is 82.4 Å². The normalized spacial score (nSPS) is 25.6. The Balaban J connectivity index is 2.27. The van der Waals surface area contributed by atoms with Crippen molar-refractivity contribution in [3.8, 4) is 0 Å². The largest absolute Gasteiger partial charge is 0.391 e. The molecule has 1 saturated heterocycles. The highest BCUT2D eigenvalue weighted by atomic mass is 35.5. The van der Waals surface area contributed by atoms with Crippen molar-refractivity contribution < 1.29 is 9.90 Å². The highest BCUT2D eigenvalue weighted by Gasteiger charge is 2.52. The number of carbonyl (C=O) groups is 1. The molecule has 1 heterocycles. The lowest BCUT2D eigenvalue weighted by Crippen LogP contribution is -2.59. The molecule has 0 saturated carbocycles. The number of carbonyl (C=O) groups excluding carboxylic acids is 1. The Morgan fingerprint density at radius 2 is 1.78 bits per heavy atom. The summed E-state index contributed by atoms with van der Waals surface area (Å²) in [5.41, 5.74) is 1.46. The molecular formula is C27H33Cl2NO2. The van der Waals surface area contributed by atoms with E-state index in [9.17, 15) is 9.90 Å². The SMILES string of the molecule is C=CCC1(C)CC(c2cccc(Cl)c2)C(c2ccc(Cl)cc2)N(C(C(C)C)C(C)O)C1=O. The molecule has 1 aliphatic heterocycles. The van der Waals surface area contributed by atoms with Crippen LogP contribution in [-0.4, -0.2) is 28.1 Å². The quantitative estimate of drug-likeness (QED) is 0.438. The zero-order valence-electron chi connectivity index (χ0n) is 19.3. The molecule has 0 radical (unpaired) electrons. The fourth-order valence-electron chi connectivity index (χ4n) is 5.33. The van der Waals surface area contributed by atoms with Crippen LogP contribution < -0.4 is 0 Å². The van der Waals surface area contributed by atoms with Gasteiger partial charge in [-0.2, -0.15) is 0 Å². The molecule has 172 valence electrons. The number of allylic oxidation sites excluding steroid dienone is 1. The Hall–Kier alpha value is -1.81. The van der Waals surface area contributed by atoms with Crippen molar-refractivity contribution in [3.63, 3.8) is 0 Å². The number of benzene rings is 2. The predicted molar refractivity (Wildman–Crippen MR) is 133 cm³/mol. The predicted octanol–water partition coefficient (Wildman–Crippen LogP) is 7.04. The molecule has 1 fully saturated rings. The van der Waals surface area contributed by atoms with E-state index in [0.717, 1.165) is 11.1 Å². The van der Waals surface area contributed by atoms with Gasteiger partial charge in [0.25, 0.3) is 0 Å². The third kappa shape index (κ3) is 4.90. The summed E-state index contributed by atoms with van der Waals surface area (Å²) in [5.74, 6) is 0.118. The number of hydrogen-bond acceptors (Lipinski definition) is 2. The van der Waals surface area contributed by atoms with Crippen LogP contribution in [0.5, 0.6) is 0 Å². The molecular weight excluding hydrogens is 441 g/mol. The van der Waals surface area contributed by atoms with E-state index in [1.807, 2.05) is 60.4 Å². The highest BCUT2D eigenvalue weighted by molar-refractivity contribution is 6.30. The van der Waals surface area contributed by atoms with E-state index in [1.165, 1.54) is 0 Å². The molecule has 5 unspecified atom stereocenters. The van der Waals surface area contributed by atoms with Crippen molar-refractivity contribution >= 4 is 29.1 Å². The summed E-state index contributed by atoms with van der Waals surface area (Å²) >= 11 is 12.6. The maximum absolute atomic E-state index is 14.1. The van der Waals surface area contributed by atoms with Crippen LogP contribution in [0.4, 0.5) is 0 Å². The van der Waals surface area contributed by atoms with E-state index in [1.54, 1.807) is 6.92 Å². The Kier molecular flexibility index (Phi) is 7.75. The number of amides is 1. The molecule has 2 aromatic carbocycles. The smallest absolute Gasteiger partial charge is 0.229 e. The summed E-state index contributed by atoms with van der Waals surface area (Å²) in [5, 5.41) is 12.1. The fourth-order valence-corrected chi connectivity index (χ4v) is 5.65. The molecule has 0 spiro atoms. The number of rotatable bonds is 7. The monoisotopic (exact) mass is 473 g/mol. The van der Waals surface area contributed by atoms with Crippen LogP contribution >= 0.6 is 23.2 Å². The topological polar surface area (TPSA) is 40.5 Å². The first-order chi connectivity index (χ1) is 15.1. The molecule has 1 N–H and O–H groups in total. The summed E-state index contributed by atoms with van der Waals surface area (Å²) in [6.45, 7) is 11.8. The van der Waals surface area contributed by atoms with Gasteiger partial charge in [0.2, 0.25) is 5.91 Å². The molecule has 5 heteroatoms. The Labute approximate surface area is 202 Å². The van der Waals surface area contributed by atoms with Gasteiger partial charge in [0, 0.05) is 16.0 Å². The first kappa shape index (κ1) is 24.8. The van der Waals surface area contributed by atoms with Gasteiger partial charge in [0.05, 0.1) is 23.6 Å². The third-order valence-electron chi connectivity index (χ3n) is 6.68. The van der Waals surface area contributed by atoms with E-state index in [4.69, 9.17) is 23.2 Å². The van der Waals surface area contributed by atoms with Gasteiger partial charge >= 0.3 is 0 Å². The van der Waals surface area contributed by atoms with Crippen LogP contribution in [0.25, 0.3) is 0 Å². The lowest BCUT2D eigenvalue weighted by Gasteiger charge is -2.53. The molecule has 2 aromatic rings. The lowest BCUT2D eigenvalue weighted by molar-refractivity contribution is -0.160. The molecule has 0 aromatic heterocycles. The Bertz CT molecular complexity index is 948. The number of piperidine rings is 1. The van der Waals surface area contributed by atoms with Crippen LogP contribution in [0, 0.1) is 11.3 Å². The number of aliphatic hydroxyl groups excluding tert-OH is 1. The minimum Gasteiger partial charge on any atom is -0.391 e. The average Bonchev–Trinajstić information content (AvgIpc) is 2.72. The molecule has 3 rings (SSSR count). The van der Waals surface area contributed by atoms with Crippen molar-refractivity contribution in [1.29, 1.82) is 0 Å². The summed E-state index contributed by atoms with van der Waals surface area (Å²) in [7, 11) is 0. The summed E-state index contributed by atoms with van der Waals surface area (Å²) in [6.07, 6.45) is 2.37. The first-order valence-corrected chi connectivity index (χ1v) is 12.0. The van der Waals surface area contributed by atoms with Gasteiger partial charge in [0.1, 0.15) is 0 Å². The van der Waals surface area contributed by atoms with Crippen molar-refractivity contribution in [2.24, 2.45) is 11.3 Å². The van der Waals surface area contributed by atoms with E-state index in [-0.39, 0.29) is 29.8 Å². The molecule has 0 aliphatic carbocycles. The van der Waals surface area contributed by atoms with Gasteiger partial charge in [-0.05, 0) is 61.1 Å². The van der Waals surface area contributed by atoms with Crippen LogP contribution in [0.3, 0.4) is 0 Å². The Morgan fingerprint density at radius 1 is 1.12 bits per heavy atom. The van der Waals surface area contributed by atoms with Crippen LogP contribution in [0.1, 0.15) is 63.6 Å². The van der Waals surface area contributed by atoms with Gasteiger partial charge < -0.3 is 10.0 Å². The van der Waals surface area contributed by atoms with E-state index in [0.29, 0.717) is 22.9 Å². The van der Waals surface area contributed by atoms with Gasteiger partial charge in [-0.25, -0.2) is 0 Å². The lowest BCUT2D eigenvalue weighted by atomic mass is 9.66. The fraction of sp³-hybridized carbons (Fsp3) is 0.444. The zero-order chi connectivity index (χ0) is 23.6. The minimum atomic E-state index is -0.681. The van der Waals surface area contributed by atoms with E-state index in [2.05, 4.69) is 26.5 Å². The van der Waals surface area contributed by atoms with Gasteiger partial charge in [-0.1, -0.05) is 74.3 Å². The first-order valence-electron chi connectivity index (χ1n) is 11.2. The highest BCUT2D eigenvalue weighted by Crippen LogP contribution is 2.52. The second-order valence-electron chi connectivity index (χ2n) is 9.60. The van der Waals surface area contributed by atoms with Crippen molar-refractivity contribution in [2.75, 3.05) is 0 Å². The number of halogens is 2. The molecule has 1 aliphatic rings. The zero-order valence-corrected chi connectivity index (χ0v) is 20.8. The molecule has 32 heavy (non-hydrogen) atoms. The van der Waals surface area contributed by atoms with Crippen LogP contribution in [0.15, 0.2) is 61.2 Å². The van der Waals surface area contributed by atoms with E-state index >= 15 is 0 Å². The average molecular weight is 474 g/mol. The number of hydrogen-bond donors (Lipinski definition) is 1. The number of aliphatic hydroxyl groups is 1. The minimum absolute atomic E-state index is 0.00229. The summed E-state index contributed by atoms with van der Waals surface area (Å²) in [4.78, 5) is 16.0. The van der Waals surface area contributed by atoms with Gasteiger partial charge in [-0.15, -0.1) is 6.58 Å². The molecule has 5 atom stereocenters. The molecule has 0 bridgehead atoms. The second kappa shape index (κ2) is 9.99. The van der Waals surface area contributed by atoms with Crippen LogP contribution in [-0.2, 0) is 4.79 Å². The Morgan fingerprint density at radius 3 is 2.31 bits per heavy atom. The second-order valence-corrected chi connectivity index (χ2v) is 10.5. The maximum Gasteiger partial charge on any atom is 0.229 e. The van der Waals surface area contributed by atoms with Gasteiger partial charge in [-0.3, -0.25) is 4.79 Å².